The zero-order valence-electron chi connectivity index (χ0n) is 12.5. The molecule has 0 aliphatic rings. The van der Waals surface area contributed by atoms with Gasteiger partial charge in [-0.15, -0.1) is 0 Å². The summed E-state index contributed by atoms with van der Waals surface area (Å²) < 4.78 is 4.33. The molecule has 0 aliphatic heterocycles. The summed E-state index contributed by atoms with van der Waals surface area (Å²) in [7, 11) is 1.88. The van der Waals surface area contributed by atoms with Crippen molar-refractivity contribution in [1.82, 2.24) is 29.1 Å². The Hall–Kier alpha value is -2.45. The number of aryl methyl sites for hydroxylation is 1. The van der Waals surface area contributed by atoms with Crippen LogP contribution < -0.4 is 5.32 Å². The van der Waals surface area contributed by atoms with Crippen LogP contribution in [-0.2, 0) is 7.05 Å². The van der Waals surface area contributed by atoms with Crippen LogP contribution in [0.25, 0.3) is 16.9 Å². The molecule has 0 saturated carbocycles. The van der Waals surface area contributed by atoms with Crippen molar-refractivity contribution in [3.8, 4) is 11.3 Å². The van der Waals surface area contributed by atoms with Crippen molar-refractivity contribution < 1.29 is 0 Å². The summed E-state index contributed by atoms with van der Waals surface area (Å²) in [4.78, 5) is 13.0. The van der Waals surface area contributed by atoms with E-state index in [2.05, 4.69) is 41.3 Å². The van der Waals surface area contributed by atoms with Crippen LogP contribution in [0.1, 0.15) is 0 Å². The molecule has 0 spiro atoms. The van der Waals surface area contributed by atoms with Gasteiger partial charge in [0.05, 0.1) is 23.8 Å². The largest absolute Gasteiger partial charge is 0.335 e. The zero-order chi connectivity index (χ0) is 16.7. The van der Waals surface area contributed by atoms with E-state index in [4.69, 9.17) is 11.6 Å². The van der Waals surface area contributed by atoms with Crippen LogP contribution in [0.2, 0.25) is 5.15 Å². The Morgan fingerprint density at radius 2 is 2.08 bits per heavy atom. The third-order valence-corrected chi connectivity index (χ3v) is 4.31. The molecule has 0 bridgehead atoms. The van der Waals surface area contributed by atoms with Gasteiger partial charge in [0.2, 0.25) is 0 Å². The van der Waals surface area contributed by atoms with Gasteiger partial charge in [-0.1, -0.05) is 11.6 Å². The van der Waals surface area contributed by atoms with E-state index < -0.39 is 0 Å². The maximum absolute atomic E-state index is 5.88. The molecule has 9 heteroatoms. The molecule has 7 nitrogen and oxygen atoms in total. The highest BCUT2D eigenvalue weighted by Gasteiger charge is 2.13. The second-order valence-corrected chi connectivity index (χ2v) is 6.25. The lowest BCUT2D eigenvalue weighted by Crippen LogP contribution is -1.99. The summed E-state index contributed by atoms with van der Waals surface area (Å²) >= 11 is 9.27. The van der Waals surface area contributed by atoms with Gasteiger partial charge in [0.1, 0.15) is 9.76 Å². The summed E-state index contributed by atoms with van der Waals surface area (Å²) in [6.45, 7) is 0. The van der Waals surface area contributed by atoms with Crippen molar-refractivity contribution in [2.24, 2.45) is 7.05 Å². The van der Waals surface area contributed by atoms with Gasteiger partial charge in [-0.3, -0.25) is 9.08 Å². The molecular weight excluding hydrogens is 394 g/mol. The first-order chi connectivity index (χ1) is 11.6. The number of rotatable bonds is 3. The van der Waals surface area contributed by atoms with Crippen molar-refractivity contribution in [2.75, 3.05) is 5.32 Å². The van der Waals surface area contributed by atoms with E-state index in [1.165, 1.54) is 0 Å². The SMILES string of the molecule is Cn1cc(-c2cnc3c(Nc4ccc(Cl)nc4Br)nccn23)cn1. The number of fused-ring (bicyclic) bond motifs is 1. The Balaban J connectivity index is 1.78. The molecule has 4 heterocycles. The number of anilines is 2. The van der Waals surface area contributed by atoms with Crippen molar-refractivity contribution in [3.63, 3.8) is 0 Å². The van der Waals surface area contributed by atoms with Gasteiger partial charge in [0, 0.05) is 31.2 Å². The molecule has 24 heavy (non-hydrogen) atoms. The second kappa shape index (κ2) is 5.88. The number of aromatic nitrogens is 6. The first-order valence-electron chi connectivity index (χ1n) is 7.02. The summed E-state index contributed by atoms with van der Waals surface area (Å²) in [6.07, 6.45) is 9.13. The van der Waals surface area contributed by atoms with E-state index in [0.717, 1.165) is 16.9 Å². The molecule has 4 aromatic rings. The van der Waals surface area contributed by atoms with Crippen LogP contribution in [0.15, 0.2) is 47.7 Å². The highest BCUT2D eigenvalue weighted by Crippen LogP contribution is 2.28. The zero-order valence-corrected chi connectivity index (χ0v) is 14.8. The number of hydrogen-bond acceptors (Lipinski definition) is 5. The fourth-order valence-electron chi connectivity index (χ4n) is 2.41. The summed E-state index contributed by atoms with van der Waals surface area (Å²) in [5, 5.41) is 7.85. The van der Waals surface area contributed by atoms with Crippen LogP contribution in [0.3, 0.4) is 0 Å². The Morgan fingerprint density at radius 1 is 1.21 bits per heavy atom. The third-order valence-electron chi connectivity index (χ3n) is 3.50. The molecule has 4 rings (SSSR count). The van der Waals surface area contributed by atoms with E-state index >= 15 is 0 Å². The van der Waals surface area contributed by atoms with Crippen LogP contribution in [0.4, 0.5) is 11.5 Å². The molecule has 0 unspecified atom stereocenters. The average molecular weight is 405 g/mol. The molecule has 0 radical (unpaired) electrons. The number of nitrogens with one attached hydrogen (secondary N) is 1. The van der Waals surface area contributed by atoms with Gasteiger partial charge in [0.15, 0.2) is 11.5 Å². The first-order valence-corrected chi connectivity index (χ1v) is 8.19. The Labute approximate surface area is 150 Å². The molecule has 0 atom stereocenters. The summed E-state index contributed by atoms with van der Waals surface area (Å²) in [5.41, 5.74) is 3.39. The minimum atomic E-state index is 0.415. The van der Waals surface area contributed by atoms with Crippen molar-refractivity contribution >= 4 is 44.7 Å². The number of nitrogens with zero attached hydrogens (tertiary/aromatic N) is 6. The monoisotopic (exact) mass is 403 g/mol. The highest BCUT2D eigenvalue weighted by atomic mass is 79.9. The van der Waals surface area contributed by atoms with Gasteiger partial charge in [-0.25, -0.2) is 15.0 Å². The van der Waals surface area contributed by atoms with E-state index in [1.807, 2.05) is 29.9 Å². The average Bonchev–Trinajstić information content (AvgIpc) is 3.16. The lowest BCUT2D eigenvalue weighted by molar-refractivity contribution is 0.768. The minimum absolute atomic E-state index is 0.415. The lowest BCUT2D eigenvalue weighted by atomic mass is 10.3. The van der Waals surface area contributed by atoms with Gasteiger partial charge in [-0.2, -0.15) is 5.10 Å². The number of hydrogen-bond donors (Lipinski definition) is 1. The molecule has 120 valence electrons. The topological polar surface area (TPSA) is 72.9 Å². The van der Waals surface area contributed by atoms with E-state index in [1.54, 1.807) is 29.3 Å². The molecule has 1 N–H and O–H groups in total. The van der Waals surface area contributed by atoms with Gasteiger partial charge in [-0.05, 0) is 28.1 Å². The van der Waals surface area contributed by atoms with Gasteiger partial charge < -0.3 is 5.32 Å². The van der Waals surface area contributed by atoms with Gasteiger partial charge >= 0.3 is 0 Å². The fraction of sp³-hybridized carbons (Fsp3) is 0.0667. The number of halogens is 2. The minimum Gasteiger partial charge on any atom is -0.335 e. The quantitative estimate of drug-likeness (QED) is 0.527. The van der Waals surface area contributed by atoms with E-state index in [-0.39, 0.29) is 0 Å². The number of pyridine rings is 1. The van der Waals surface area contributed by atoms with Crippen molar-refractivity contribution in [1.29, 1.82) is 0 Å². The Bertz CT molecular complexity index is 1040. The lowest BCUT2D eigenvalue weighted by Gasteiger charge is -2.08. The molecule has 0 aliphatic carbocycles. The standard InChI is InChI=1S/C15H11BrClN7/c1-23-8-9(6-20-23)11-7-19-15-14(18-4-5-24(11)15)21-10-2-3-12(17)22-13(10)16/h2-8H,1H3,(H,18,21). The molecular formula is C15H11BrClN7. The fourth-order valence-corrected chi connectivity index (χ4v) is 3.08. The predicted molar refractivity (Wildman–Crippen MR) is 95.4 cm³/mol. The molecule has 0 aromatic carbocycles. The van der Waals surface area contributed by atoms with E-state index in [0.29, 0.717) is 21.2 Å². The van der Waals surface area contributed by atoms with Crippen molar-refractivity contribution in [2.45, 2.75) is 0 Å². The second-order valence-electron chi connectivity index (χ2n) is 5.11. The van der Waals surface area contributed by atoms with Crippen LogP contribution >= 0.6 is 27.5 Å². The third kappa shape index (κ3) is 2.63. The maximum atomic E-state index is 5.88. The Kier molecular flexibility index (Phi) is 3.70. The maximum Gasteiger partial charge on any atom is 0.180 e. The summed E-state index contributed by atoms with van der Waals surface area (Å²) in [5.74, 6) is 0.623. The highest BCUT2D eigenvalue weighted by molar-refractivity contribution is 9.10. The molecule has 0 fully saturated rings. The molecule has 0 amide bonds. The van der Waals surface area contributed by atoms with Crippen molar-refractivity contribution in [3.05, 3.63) is 52.9 Å². The smallest absolute Gasteiger partial charge is 0.180 e. The van der Waals surface area contributed by atoms with Crippen LogP contribution in [0, 0.1) is 0 Å². The predicted octanol–water partition coefficient (Wildman–Crippen LogP) is 3.68. The van der Waals surface area contributed by atoms with E-state index in [9.17, 15) is 0 Å². The first kappa shape index (κ1) is 15.1. The van der Waals surface area contributed by atoms with Crippen LogP contribution in [0.5, 0.6) is 0 Å². The Morgan fingerprint density at radius 3 is 2.83 bits per heavy atom. The normalized spacial score (nSPS) is 11.1. The molecule has 4 aromatic heterocycles. The summed E-state index contributed by atoms with van der Waals surface area (Å²) in [6, 6.07) is 3.54. The molecule has 0 saturated heterocycles. The van der Waals surface area contributed by atoms with Gasteiger partial charge in [0.25, 0.3) is 0 Å². The van der Waals surface area contributed by atoms with Crippen LogP contribution in [-0.4, -0.2) is 29.1 Å². The number of imidazole rings is 1.